The number of benzene rings is 1. The first-order valence-electron chi connectivity index (χ1n) is 5.48. The number of aromatic hydroxyl groups is 1. The van der Waals surface area contributed by atoms with Gasteiger partial charge in [-0.1, -0.05) is 17.3 Å². The van der Waals surface area contributed by atoms with Gasteiger partial charge in [0.1, 0.15) is 22.8 Å². The van der Waals surface area contributed by atoms with Gasteiger partial charge >= 0.3 is 0 Å². The Hall–Kier alpha value is -2.76. The van der Waals surface area contributed by atoms with Crippen molar-refractivity contribution in [2.75, 3.05) is 0 Å². The van der Waals surface area contributed by atoms with E-state index in [0.29, 0.717) is 5.69 Å². The lowest BCUT2D eigenvalue weighted by molar-refractivity contribution is 0.421. The molecule has 0 radical (unpaired) electrons. The van der Waals surface area contributed by atoms with Crippen molar-refractivity contribution in [2.24, 2.45) is 0 Å². The first-order valence-corrected chi connectivity index (χ1v) is 5.48. The van der Waals surface area contributed by atoms with Crippen molar-refractivity contribution >= 4 is 0 Å². The van der Waals surface area contributed by atoms with E-state index in [2.05, 4.69) is 15.1 Å². The van der Waals surface area contributed by atoms with Crippen LogP contribution in [0.15, 0.2) is 47.1 Å². The molecule has 0 atom stereocenters. The summed E-state index contributed by atoms with van der Waals surface area (Å²) in [6, 6.07) is 9.19. The molecule has 1 aromatic carbocycles. The van der Waals surface area contributed by atoms with Gasteiger partial charge in [-0.3, -0.25) is 4.98 Å². The summed E-state index contributed by atoms with van der Waals surface area (Å²) in [6.07, 6.45) is 1.59. The molecule has 0 saturated carbocycles. The highest BCUT2D eigenvalue weighted by Crippen LogP contribution is 2.31. The fraction of sp³-hybridized carbons (Fsp3) is 0. The first kappa shape index (κ1) is 11.3. The number of rotatable bonds is 2. The van der Waals surface area contributed by atoms with E-state index in [-0.39, 0.29) is 23.0 Å². The number of aromatic nitrogens is 3. The van der Waals surface area contributed by atoms with E-state index in [0.717, 1.165) is 0 Å². The monoisotopic (exact) mass is 257 g/mol. The Morgan fingerprint density at radius 1 is 1.11 bits per heavy atom. The van der Waals surface area contributed by atoms with Gasteiger partial charge in [0.25, 0.3) is 5.89 Å². The highest BCUT2D eigenvalue weighted by atomic mass is 19.1. The van der Waals surface area contributed by atoms with Crippen LogP contribution in [0.5, 0.6) is 5.75 Å². The minimum atomic E-state index is -0.628. The Morgan fingerprint density at radius 2 is 2.00 bits per heavy atom. The van der Waals surface area contributed by atoms with Crippen molar-refractivity contribution in [3.63, 3.8) is 0 Å². The maximum Gasteiger partial charge on any atom is 0.265 e. The lowest BCUT2D eigenvalue weighted by Crippen LogP contribution is -1.87. The van der Waals surface area contributed by atoms with Gasteiger partial charge < -0.3 is 9.63 Å². The average Bonchev–Trinajstić information content (AvgIpc) is 2.89. The normalized spacial score (nSPS) is 10.6. The van der Waals surface area contributed by atoms with Crippen LogP contribution in [0.2, 0.25) is 0 Å². The van der Waals surface area contributed by atoms with Crippen LogP contribution in [0.1, 0.15) is 0 Å². The van der Waals surface area contributed by atoms with E-state index >= 15 is 0 Å². The molecular formula is C13H8FN3O2. The predicted molar refractivity (Wildman–Crippen MR) is 64.6 cm³/mol. The Morgan fingerprint density at radius 3 is 2.74 bits per heavy atom. The minimum absolute atomic E-state index is 0.0868. The zero-order chi connectivity index (χ0) is 13.2. The molecule has 6 heteroatoms. The van der Waals surface area contributed by atoms with Crippen LogP contribution < -0.4 is 0 Å². The number of nitrogens with zero attached hydrogens (tertiary/aromatic N) is 3. The fourth-order valence-electron chi connectivity index (χ4n) is 1.65. The quantitative estimate of drug-likeness (QED) is 0.764. The van der Waals surface area contributed by atoms with Gasteiger partial charge in [0.2, 0.25) is 5.82 Å². The summed E-state index contributed by atoms with van der Waals surface area (Å²) in [7, 11) is 0. The van der Waals surface area contributed by atoms with Gasteiger partial charge in [0.05, 0.1) is 0 Å². The third kappa shape index (κ3) is 2.03. The van der Waals surface area contributed by atoms with E-state index in [1.54, 1.807) is 24.4 Å². The Kier molecular flexibility index (Phi) is 2.68. The summed E-state index contributed by atoms with van der Waals surface area (Å²) in [5, 5.41) is 13.4. The number of hydrogen-bond acceptors (Lipinski definition) is 5. The molecule has 1 N–H and O–H groups in total. The molecule has 2 aromatic heterocycles. The molecule has 0 fully saturated rings. The van der Waals surface area contributed by atoms with E-state index < -0.39 is 5.82 Å². The summed E-state index contributed by atoms with van der Waals surface area (Å²) in [4.78, 5) is 8.09. The Bertz CT molecular complexity index is 693. The molecule has 19 heavy (non-hydrogen) atoms. The third-order valence-electron chi connectivity index (χ3n) is 2.53. The first-order chi connectivity index (χ1) is 9.25. The second kappa shape index (κ2) is 4.49. The molecular weight excluding hydrogens is 249 g/mol. The topological polar surface area (TPSA) is 72.0 Å². The predicted octanol–water partition coefficient (Wildman–Crippen LogP) is 2.64. The number of hydrogen-bond donors (Lipinski definition) is 1. The Balaban J connectivity index is 2.07. The van der Waals surface area contributed by atoms with Crippen molar-refractivity contribution in [1.82, 2.24) is 15.1 Å². The van der Waals surface area contributed by atoms with Crippen molar-refractivity contribution < 1.29 is 14.0 Å². The average molecular weight is 257 g/mol. The number of pyridine rings is 1. The third-order valence-corrected chi connectivity index (χ3v) is 2.53. The number of phenols is 1. The maximum atomic E-state index is 13.6. The zero-order valence-corrected chi connectivity index (χ0v) is 9.62. The van der Waals surface area contributed by atoms with Gasteiger partial charge in [-0.25, -0.2) is 4.39 Å². The van der Waals surface area contributed by atoms with Crippen molar-refractivity contribution in [2.45, 2.75) is 0 Å². The molecule has 0 aliphatic carbocycles. The Labute approximate surface area is 107 Å². The van der Waals surface area contributed by atoms with Crippen LogP contribution in [-0.2, 0) is 0 Å². The van der Waals surface area contributed by atoms with Crippen molar-refractivity contribution in [3.05, 3.63) is 48.4 Å². The summed E-state index contributed by atoms with van der Waals surface area (Å²) in [6.45, 7) is 0. The summed E-state index contributed by atoms with van der Waals surface area (Å²) in [5.41, 5.74) is 0.394. The number of phenolic OH excluding ortho intramolecular Hbond substituents is 1. The summed E-state index contributed by atoms with van der Waals surface area (Å²) in [5.74, 6) is -0.734. The standard InChI is InChI=1S/C13H8FN3O2/c14-8-4-3-6-10(18)11(8)13-16-12(17-19-13)9-5-1-2-7-15-9/h1-7,18H. The molecule has 94 valence electrons. The molecule has 0 aliphatic rings. The molecule has 0 bridgehead atoms. The van der Waals surface area contributed by atoms with Crippen LogP contribution >= 0.6 is 0 Å². The smallest absolute Gasteiger partial charge is 0.265 e. The van der Waals surface area contributed by atoms with E-state index in [4.69, 9.17) is 4.52 Å². The van der Waals surface area contributed by atoms with Crippen LogP contribution in [-0.4, -0.2) is 20.2 Å². The zero-order valence-electron chi connectivity index (χ0n) is 9.62. The van der Waals surface area contributed by atoms with Crippen LogP contribution in [0, 0.1) is 5.82 Å². The number of halogens is 1. The highest BCUT2D eigenvalue weighted by Gasteiger charge is 2.18. The molecule has 0 unspecified atom stereocenters. The largest absolute Gasteiger partial charge is 0.507 e. The minimum Gasteiger partial charge on any atom is -0.507 e. The van der Waals surface area contributed by atoms with Crippen molar-refractivity contribution in [3.8, 4) is 28.7 Å². The van der Waals surface area contributed by atoms with Crippen molar-refractivity contribution in [1.29, 1.82) is 0 Å². The SMILES string of the molecule is Oc1cccc(F)c1-c1nc(-c2ccccn2)no1. The van der Waals surface area contributed by atoms with Gasteiger partial charge in [0, 0.05) is 6.20 Å². The molecule has 0 aliphatic heterocycles. The van der Waals surface area contributed by atoms with Gasteiger partial charge in [-0.05, 0) is 24.3 Å². The molecule has 5 nitrogen and oxygen atoms in total. The lowest BCUT2D eigenvalue weighted by Gasteiger charge is -1.99. The summed E-state index contributed by atoms with van der Waals surface area (Å²) >= 11 is 0. The highest BCUT2D eigenvalue weighted by molar-refractivity contribution is 5.64. The molecule has 0 amide bonds. The molecule has 0 spiro atoms. The molecule has 3 aromatic rings. The van der Waals surface area contributed by atoms with E-state index in [9.17, 15) is 9.50 Å². The van der Waals surface area contributed by atoms with Crippen LogP contribution in [0.3, 0.4) is 0 Å². The van der Waals surface area contributed by atoms with Gasteiger partial charge in [0.15, 0.2) is 0 Å². The molecule has 2 heterocycles. The maximum absolute atomic E-state index is 13.6. The van der Waals surface area contributed by atoms with Gasteiger partial charge in [-0.2, -0.15) is 4.98 Å². The molecule has 0 saturated heterocycles. The summed E-state index contributed by atoms with van der Waals surface area (Å²) < 4.78 is 18.6. The molecule has 3 rings (SSSR count). The van der Waals surface area contributed by atoms with Crippen LogP contribution in [0.25, 0.3) is 23.0 Å². The van der Waals surface area contributed by atoms with E-state index in [1.165, 1.54) is 18.2 Å². The fourth-order valence-corrected chi connectivity index (χ4v) is 1.65. The lowest BCUT2D eigenvalue weighted by atomic mass is 10.2. The second-order valence-electron chi connectivity index (χ2n) is 3.77. The van der Waals surface area contributed by atoms with E-state index in [1.807, 2.05) is 0 Å². The second-order valence-corrected chi connectivity index (χ2v) is 3.77. The van der Waals surface area contributed by atoms with Gasteiger partial charge in [-0.15, -0.1) is 0 Å². The van der Waals surface area contributed by atoms with Crippen LogP contribution in [0.4, 0.5) is 4.39 Å².